The van der Waals surface area contributed by atoms with Gasteiger partial charge < -0.3 is 9.88 Å². The Balaban J connectivity index is 1.09. The van der Waals surface area contributed by atoms with Crippen molar-refractivity contribution in [2.75, 3.05) is 44.3 Å². The van der Waals surface area contributed by atoms with E-state index in [2.05, 4.69) is 61.7 Å². The van der Waals surface area contributed by atoms with Gasteiger partial charge in [-0.2, -0.15) is 22.7 Å². The van der Waals surface area contributed by atoms with Crippen molar-refractivity contribution in [2.24, 2.45) is 0 Å². The number of thiophene rings is 1. The summed E-state index contributed by atoms with van der Waals surface area (Å²) in [5, 5.41) is 15.2. The summed E-state index contributed by atoms with van der Waals surface area (Å²) in [6.07, 6.45) is -0.827. The number of nitrogens with zero attached hydrogens (tertiary/aromatic N) is 7. The molecule has 0 unspecified atom stereocenters. The molecule has 1 N–H and O–H groups in total. The maximum atomic E-state index is 13.0. The van der Waals surface area contributed by atoms with E-state index < -0.39 is 22.6 Å². The van der Waals surface area contributed by atoms with E-state index in [4.69, 9.17) is 0 Å². The van der Waals surface area contributed by atoms with Crippen LogP contribution in [0.3, 0.4) is 0 Å². The number of hydrogen-bond acceptors (Lipinski definition) is 9. The summed E-state index contributed by atoms with van der Waals surface area (Å²) in [6, 6.07) is 10.3. The van der Waals surface area contributed by atoms with E-state index in [9.17, 15) is 26.9 Å². The molecule has 15 heteroatoms. The highest BCUT2D eigenvalue weighted by Crippen LogP contribution is 2.34. The highest BCUT2D eigenvalue weighted by Gasteiger charge is 2.32. The number of benzene rings is 1. The summed E-state index contributed by atoms with van der Waals surface area (Å²) < 4.78 is 66.8. The van der Waals surface area contributed by atoms with E-state index in [1.807, 2.05) is 13.0 Å². The standard InChI is InChI=1S/C33H41F3N8O2S2/c1-21(42-11-12-44(22(2)17-42)48(4,45)46)18-43-26(16-37)13-28-23(3)24(5-6-30(28)43)19-41-9-7-25(8-10-41)40-31-29-14-27(15-33(34,35)36)47-32(29)39-20-38-31/h5-6,13-14,20-22,25H,7-12,15,17-19H2,1-4H3,(H,38,39,40)/t21-,22-/m1/s1. The lowest BCUT2D eigenvalue weighted by Gasteiger charge is -2.41. The highest BCUT2D eigenvalue weighted by atomic mass is 32.2. The fourth-order valence-corrected chi connectivity index (χ4v) is 9.36. The van der Waals surface area contributed by atoms with E-state index >= 15 is 0 Å². The van der Waals surface area contributed by atoms with Gasteiger partial charge in [-0.3, -0.25) is 9.80 Å². The molecule has 2 saturated heterocycles. The molecule has 258 valence electrons. The van der Waals surface area contributed by atoms with E-state index in [0.29, 0.717) is 47.9 Å². The van der Waals surface area contributed by atoms with Crippen LogP contribution < -0.4 is 5.32 Å². The molecule has 0 radical (unpaired) electrons. The van der Waals surface area contributed by atoms with Crippen molar-refractivity contribution in [1.82, 2.24) is 28.6 Å². The topological polar surface area (TPSA) is 110 Å². The lowest BCUT2D eigenvalue weighted by Crippen LogP contribution is -2.56. The smallest absolute Gasteiger partial charge is 0.367 e. The number of aryl methyl sites for hydroxylation is 1. The second-order valence-electron chi connectivity index (χ2n) is 13.2. The first-order valence-corrected chi connectivity index (χ1v) is 18.9. The molecular formula is C33H41F3N8O2S2. The van der Waals surface area contributed by atoms with Gasteiger partial charge in [-0.15, -0.1) is 11.3 Å². The van der Waals surface area contributed by atoms with E-state index in [-0.39, 0.29) is 23.0 Å². The van der Waals surface area contributed by atoms with Gasteiger partial charge in [0.05, 0.1) is 18.1 Å². The van der Waals surface area contributed by atoms with Crippen molar-refractivity contribution in [3.05, 3.63) is 52.3 Å². The van der Waals surface area contributed by atoms with Crippen LogP contribution in [0, 0.1) is 18.3 Å². The molecule has 2 aliphatic heterocycles. The molecule has 0 bridgehead atoms. The number of alkyl halides is 3. The summed E-state index contributed by atoms with van der Waals surface area (Å²) in [7, 11) is -3.24. The van der Waals surface area contributed by atoms with Gasteiger partial charge in [0, 0.05) is 79.7 Å². The van der Waals surface area contributed by atoms with Crippen molar-refractivity contribution in [3.8, 4) is 6.07 Å². The highest BCUT2D eigenvalue weighted by molar-refractivity contribution is 7.88. The summed E-state index contributed by atoms with van der Waals surface area (Å²) in [5.41, 5.74) is 4.00. The van der Waals surface area contributed by atoms with Crippen molar-refractivity contribution in [1.29, 1.82) is 5.26 Å². The zero-order valence-corrected chi connectivity index (χ0v) is 29.2. The van der Waals surface area contributed by atoms with Gasteiger partial charge in [0.2, 0.25) is 10.0 Å². The SMILES string of the molecule is Cc1c(CN2CCC(Nc3ncnc4sc(CC(F)(F)F)cc34)CC2)ccc2c1cc(C#N)n2C[C@@H](C)N1CCN(S(C)(=O)=O)[C@H](C)C1. The molecular weight excluding hydrogens is 662 g/mol. The second-order valence-corrected chi connectivity index (χ2v) is 16.3. The second kappa shape index (κ2) is 13.5. The zero-order valence-electron chi connectivity index (χ0n) is 27.6. The quantitative estimate of drug-likeness (QED) is 0.248. The molecule has 2 aliphatic rings. The number of piperidine rings is 1. The van der Waals surface area contributed by atoms with Gasteiger partial charge in [0.15, 0.2) is 0 Å². The van der Waals surface area contributed by atoms with Crippen LogP contribution in [0.2, 0.25) is 0 Å². The number of hydrogen-bond donors (Lipinski definition) is 1. The van der Waals surface area contributed by atoms with E-state index in [0.717, 1.165) is 60.3 Å². The Morgan fingerprint density at radius 1 is 1.12 bits per heavy atom. The van der Waals surface area contributed by atoms with Crippen molar-refractivity contribution in [3.63, 3.8) is 0 Å². The van der Waals surface area contributed by atoms with Crippen molar-refractivity contribution >= 4 is 48.3 Å². The molecule has 6 rings (SSSR count). The van der Waals surface area contributed by atoms with E-state index in [1.54, 1.807) is 10.4 Å². The van der Waals surface area contributed by atoms with Crippen molar-refractivity contribution in [2.45, 2.75) is 77.4 Å². The van der Waals surface area contributed by atoms with Crippen LogP contribution in [0.5, 0.6) is 0 Å². The van der Waals surface area contributed by atoms with Gasteiger partial charge in [-0.05, 0) is 62.9 Å². The Kier molecular flexibility index (Phi) is 9.76. The molecule has 0 saturated carbocycles. The molecule has 1 aromatic carbocycles. The molecule has 0 aliphatic carbocycles. The first-order valence-electron chi connectivity index (χ1n) is 16.2. The van der Waals surface area contributed by atoms with Gasteiger partial charge in [-0.1, -0.05) is 6.07 Å². The van der Waals surface area contributed by atoms with Crippen LogP contribution in [-0.2, 0) is 29.5 Å². The van der Waals surface area contributed by atoms with Gasteiger partial charge in [-0.25, -0.2) is 18.4 Å². The molecule has 4 aromatic rings. The monoisotopic (exact) mass is 702 g/mol. The Morgan fingerprint density at radius 3 is 2.54 bits per heavy atom. The Morgan fingerprint density at radius 2 is 1.88 bits per heavy atom. The molecule has 48 heavy (non-hydrogen) atoms. The number of likely N-dealkylation sites (tertiary alicyclic amines) is 1. The first-order chi connectivity index (χ1) is 22.7. The normalized spacial score (nSPS) is 20.0. The number of piperazine rings is 1. The third-order valence-corrected chi connectivity index (χ3v) is 12.2. The number of nitrogens with one attached hydrogen (secondary N) is 1. The summed E-state index contributed by atoms with van der Waals surface area (Å²) in [6.45, 7) is 11.1. The largest absolute Gasteiger partial charge is 0.393 e. The molecule has 0 spiro atoms. The maximum absolute atomic E-state index is 13.0. The van der Waals surface area contributed by atoms with Crippen LogP contribution in [0.25, 0.3) is 21.1 Å². The summed E-state index contributed by atoms with van der Waals surface area (Å²) in [4.78, 5) is 14.0. The number of anilines is 1. The predicted octanol–water partition coefficient (Wildman–Crippen LogP) is 5.36. The molecule has 3 aromatic heterocycles. The van der Waals surface area contributed by atoms with Crippen LogP contribution in [0.1, 0.15) is 48.4 Å². The third kappa shape index (κ3) is 7.47. The zero-order chi connectivity index (χ0) is 34.4. The lowest BCUT2D eigenvalue weighted by molar-refractivity contribution is -0.126. The van der Waals surface area contributed by atoms with Gasteiger partial charge in [0.25, 0.3) is 0 Å². The minimum Gasteiger partial charge on any atom is -0.367 e. The minimum absolute atomic E-state index is 0.109. The van der Waals surface area contributed by atoms with E-state index in [1.165, 1.54) is 18.1 Å². The predicted molar refractivity (Wildman–Crippen MR) is 183 cm³/mol. The summed E-state index contributed by atoms with van der Waals surface area (Å²) >= 11 is 1.06. The maximum Gasteiger partial charge on any atom is 0.393 e. The average Bonchev–Trinajstić information content (AvgIpc) is 3.59. The minimum atomic E-state index is -4.27. The van der Waals surface area contributed by atoms with Gasteiger partial charge >= 0.3 is 6.18 Å². The van der Waals surface area contributed by atoms with Crippen LogP contribution in [0.4, 0.5) is 19.0 Å². The first kappa shape index (κ1) is 34.6. The number of sulfonamides is 1. The Bertz CT molecular complexity index is 1940. The fourth-order valence-electron chi connectivity index (χ4n) is 7.20. The van der Waals surface area contributed by atoms with Crippen LogP contribution in [0.15, 0.2) is 30.6 Å². The third-order valence-electron chi connectivity index (χ3n) is 9.75. The van der Waals surface area contributed by atoms with Crippen LogP contribution >= 0.6 is 11.3 Å². The number of aromatic nitrogens is 3. The fraction of sp³-hybridized carbons (Fsp3) is 0.545. The van der Waals surface area contributed by atoms with Crippen LogP contribution in [-0.4, -0.2) is 100 Å². The Hall–Kier alpha value is -3.29. The molecule has 2 atom stereocenters. The van der Waals surface area contributed by atoms with Crippen molar-refractivity contribution < 1.29 is 21.6 Å². The number of halogens is 3. The molecule has 5 heterocycles. The molecule has 0 amide bonds. The molecule has 10 nitrogen and oxygen atoms in total. The average molecular weight is 703 g/mol. The Labute approximate surface area is 283 Å². The van der Waals surface area contributed by atoms with Gasteiger partial charge in [0.1, 0.15) is 28.7 Å². The summed E-state index contributed by atoms with van der Waals surface area (Å²) in [5.74, 6) is 0.585. The number of rotatable bonds is 9. The lowest BCUT2D eigenvalue weighted by atomic mass is 10.0. The number of fused-ring (bicyclic) bond motifs is 2. The number of nitriles is 1. The molecule has 2 fully saturated rings.